The molecule has 4 rings (SSSR count). The van der Waals surface area contributed by atoms with Gasteiger partial charge in [-0.3, -0.25) is 4.31 Å². The van der Waals surface area contributed by atoms with E-state index in [-0.39, 0.29) is 24.3 Å². The number of hydrogen-bond acceptors (Lipinski definition) is 6. The van der Waals surface area contributed by atoms with Crippen molar-refractivity contribution < 1.29 is 35.9 Å². The quantitative estimate of drug-likeness (QED) is 0.553. The Kier molecular flexibility index (Phi) is 6.32. The number of nitrogens with zero attached hydrogens (tertiary/aromatic N) is 3. The molecule has 2 heterocycles. The number of aromatic nitrogens is 2. The third kappa shape index (κ3) is 4.48. The van der Waals surface area contributed by atoms with Crippen molar-refractivity contribution in [3.63, 3.8) is 0 Å². The van der Waals surface area contributed by atoms with Gasteiger partial charge in [-0.2, -0.15) is 31.4 Å². The molecule has 1 atom stereocenters. The van der Waals surface area contributed by atoms with Crippen LogP contribution >= 0.6 is 0 Å². The second-order valence-corrected chi connectivity index (χ2v) is 9.47. The second kappa shape index (κ2) is 9.09. The van der Waals surface area contributed by atoms with Crippen molar-refractivity contribution in [3.8, 4) is 0 Å². The van der Waals surface area contributed by atoms with Crippen LogP contribution in [-0.2, 0) is 21.2 Å². The number of aryl methyl sites for hydroxylation is 1. The molecule has 2 N–H and O–H groups in total. The molecule has 35 heavy (non-hydrogen) atoms. The van der Waals surface area contributed by atoms with Crippen LogP contribution in [0, 0.1) is 0 Å². The van der Waals surface area contributed by atoms with Crippen molar-refractivity contribution in [2.24, 2.45) is 0 Å². The highest BCUT2D eigenvalue weighted by Gasteiger charge is 2.53. The summed E-state index contributed by atoms with van der Waals surface area (Å²) in [4.78, 5) is 24.4. The number of benzene rings is 2. The summed E-state index contributed by atoms with van der Waals surface area (Å²) in [7, 11) is -4.51. The molecule has 0 radical (unpaired) electrons. The molecule has 0 saturated heterocycles. The number of fused-ring (bicyclic) bond motifs is 2. The van der Waals surface area contributed by atoms with Crippen LogP contribution in [0.5, 0.6) is 0 Å². The molecule has 0 spiro atoms. The first kappa shape index (κ1) is 24.3. The summed E-state index contributed by atoms with van der Waals surface area (Å²) in [5.41, 5.74) is -4.46. The van der Waals surface area contributed by atoms with Crippen LogP contribution in [0.1, 0.15) is 12.0 Å². The van der Waals surface area contributed by atoms with Gasteiger partial charge in [0.25, 0.3) is 0 Å². The molecule has 10 nitrogen and oxygen atoms in total. The van der Waals surface area contributed by atoms with Crippen molar-refractivity contribution in [3.05, 3.63) is 54.2 Å². The molecular formula is C21H20F3N5O5S. The van der Waals surface area contributed by atoms with Crippen molar-refractivity contribution in [2.75, 3.05) is 23.3 Å². The first-order chi connectivity index (χ1) is 16.5. The fraction of sp³-hybridized carbons (Fsp3) is 0.286. The zero-order valence-electron chi connectivity index (χ0n) is 18.2. The molecule has 3 aromatic rings. The minimum atomic E-state index is -5.70. The number of carbonyl (C=O) groups excluding carboxylic acids is 2. The van der Waals surface area contributed by atoms with E-state index < -0.39 is 33.7 Å². The van der Waals surface area contributed by atoms with E-state index in [4.69, 9.17) is 0 Å². The normalized spacial score (nSPS) is 16.0. The number of hydrogen-bond donors (Lipinski definition) is 2. The molecule has 1 aromatic heterocycles. The molecule has 14 heteroatoms. The highest BCUT2D eigenvalue weighted by Crippen LogP contribution is 2.38. The average molecular weight is 511 g/mol. The van der Waals surface area contributed by atoms with E-state index in [0.717, 1.165) is 4.68 Å². The Bertz CT molecular complexity index is 1390. The summed E-state index contributed by atoms with van der Waals surface area (Å²) in [6.07, 6.45) is 1.04. The van der Waals surface area contributed by atoms with Gasteiger partial charge >= 0.3 is 27.7 Å². The van der Waals surface area contributed by atoms with E-state index in [1.165, 1.54) is 25.4 Å². The van der Waals surface area contributed by atoms with Crippen molar-refractivity contribution in [1.29, 1.82) is 0 Å². The van der Waals surface area contributed by atoms with Crippen LogP contribution < -0.4 is 14.9 Å². The minimum Gasteiger partial charge on any atom is -0.451 e. The van der Waals surface area contributed by atoms with E-state index in [2.05, 4.69) is 20.5 Å². The van der Waals surface area contributed by atoms with Gasteiger partial charge in [0, 0.05) is 11.9 Å². The van der Waals surface area contributed by atoms with Crippen LogP contribution in [0.2, 0.25) is 0 Å². The van der Waals surface area contributed by atoms with E-state index in [0.29, 0.717) is 27.2 Å². The standard InChI is InChI=1S/C21H20F3N5O5S/c1-34-20(31)28-18-8-4-6-16(15(18)12-26-28)27-19(30)25-11-14-10-9-13-5-2-3-7-17(13)29(14)35(32,33)21(22,23)24/h2-8,12,14H,9-11H2,1H3,(H2,25,27,30). The Morgan fingerprint density at radius 3 is 2.63 bits per heavy atom. The van der Waals surface area contributed by atoms with Crippen molar-refractivity contribution in [1.82, 2.24) is 15.1 Å². The van der Waals surface area contributed by atoms with Gasteiger partial charge < -0.3 is 15.4 Å². The van der Waals surface area contributed by atoms with Gasteiger partial charge in [-0.15, -0.1) is 0 Å². The van der Waals surface area contributed by atoms with Crippen LogP contribution in [0.4, 0.5) is 34.1 Å². The number of carbonyl (C=O) groups is 2. The highest BCUT2D eigenvalue weighted by atomic mass is 32.2. The lowest BCUT2D eigenvalue weighted by atomic mass is 9.98. The predicted octanol–water partition coefficient (Wildman–Crippen LogP) is 3.44. The number of alkyl halides is 3. The van der Waals surface area contributed by atoms with E-state index in [9.17, 15) is 31.2 Å². The number of para-hydroxylation sites is 1. The summed E-state index contributed by atoms with van der Waals surface area (Å²) >= 11 is 0. The number of ether oxygens (including phenoxy) is 1. The summed E-state index contributed by atoms with van der Waals surface area (Å²) in [6, 6.07) is 8.72. The summed E-state index contributed by atoms with van der Waals surface area (Å²) < 4.78 is 71.0. The fourth-order valence-electron chi connectivity index (χ4n) is 3.96. The molecule has 0 bridgehead atoms. The molecule has 0 saturated carbocycles. The summed E-state index contributed by atoms with van der Waals surface area (Å²) in [6.45, 7) is -0.368. The van der Waals surface area contributed by atoms with Gasteiger partial charge in [0.2, 0.25) is 0 Å². The molecule has 0 aliphatic carbocycles. The lowest BCUT2D eigenvalue weighted by molar-refractivity contribution is -0.0441. The lowest BCUT2D eigenvalue weighted by Gasteiger charge is -2.38. The maximum absolute atomic E-state index is 13.4. The number of rotatable bonds is 4. The Hall–Kier alpha value is -3.81. The van der Waals surface area contributed by atoms with Crippen LogP contribution in [0.25, 0.3) is 10.9 Å². The number of nitrogens with one attached hydrogen (secondary N) is 2. The third-order valence-electron chi connectivity index (χ3n) is 5.57. The third-order valence-corrected chi connectivity index (χ3v) is 7.16. The molecule has 2 aromatic carbocycles. The first-order valence-corrected chi connectivity index (χ1v) is 11.8. The molecule has 2 amide bonds. The maximum atomic E-state index is 13.4. The summed E-state index contributed by atoms with van der Waals surface area (Å²) in [5, 5.41) is 9.34. The zero-order valence-corrected chi connectivity index (χ0v) is 19.1. The van der Waals surface area contributed by atoms with E-state index in [1.54, 1.807) is 30.3 Å². The molecular weight excluding hydrogens is 491 g/mol. The summed E-state index contributed by atoms with van der Waals surface area (Å²) in [5.74, 6) is 0. The number of urea groups is 1. The molecule has 1 unspecified atom stereocenters. The Morgan fingerprint density at radius 1 is 1.17 bits per heavy atom. The second-order valence-electron chi connectivity index (χ2n) is 7.67. The highest BCUT2D eigenvalue weighted by molar-refractivity contribution is 7.93. The lowest BCUT2D eigenvalue weighted by Crippen LogP contribution is -2.53. The smallest absolute Gasteiger partial charge is 0.451 e. The predicted molar refractivity (Wildman–Crippen MR) is 121 cm³/mol. The zero-order chi connectivity index (χ0) is 25.4. The van der Waals surface area contributed by atoms with Crippen molar-refractivity contribution >= 4 is 44.4 Å². The molecule has 1 aliphatic rings. The minimum absolute atomic E-state index is 0.0664. The SMILES string of the molecule is COC(=O)n1ncc2c(NC(=O)NCC3CCc4ccccc4N3S(=O)(=O)C(F)(F)F)cccc21. The topological polar surface area (TPSA) is 123 Å². The van der Waals surface area contributed by atoms with Crippen LogP contribution in [-0.4, -0.2) is 55.5 Å². The van der Waals surface area contributed by atoms with Gasteiger partial charge in [-0.05, 0) is 36.6 Å². The molecule has 1 aliphatic heterocycles. The monoisotopic (exact) mass is 511 g/mol. The number of amides is 2. The Morgan fingerprint density at radius 2 is 1.91 bits per heavy atom. The fourth-order valence-corrected chi connectivity index (χ4v) is 5.20. The first-order valence-electron chi connectivity index (χ1n) is 10.3. The van der Waals surface area contributed by atoms with Crippen LogP contribution in [0.3, 0.4) is 0 Å². The molecule has 186 valence electrons. The van der Waals surface area contributed by atoms with Gasteiger partial charge in [0.1, 0.15) is 0 Å². The number of sulfonamides is 1. The maximum Gasteiger partial charge on any atom is 0.516 e. The molecule has 0 fully saturated rings. The van der Waals surface area contributed by atoms with Crippen molar-refractivity contribution in [2.45, 2.75) is 24.4 Å². The Balaban J connectivity index is 1.54. The number of halogens is 3. The Labute approximate surface area is 197 Å². The number of anilines is 2. The van der Waals surface area contributed by atoms with E-state index >= 15 is 0 Å². The largest absolute Gasteiger partial charge is 0.516 e. The average Bonchev–Trinajstić information content (AvgIpc) is 3.26. The van der Waals surface area contributed by atoms with Crippen LogP contribution in [0.15, 0.2) is 48.7 Å². The van der Waals surface area contributed by atoms with Gasteiger partial charge in [0.15, 0.2) is 0 Å². The van der Waals surface area contributed by atoms with Gasteiger partial charge in [0.05, 0.1) is 36.2 Å². The van der Waals surface area contributed by atoms with E-state index in [1.807, 2.05) is 0 Å². The number of methoxy groups -OCH3 is 1. The van der Waals surface area contributed by atoms with Gasteiger partial charge in [-0.25, -0.2) is 9.59 Å². The van der Waals surface area contributed by atoms with Gasteiger partial charge in [-0.1, -0.05) is 24.3 Å².